The summed E-state index contributed by atoms with van der Waals surface area (Å²) < 4.78 is 3.55. The van der Waals surface area contributed by atoms with E-state index in [9.17, 15) is 9.59 Å². The standard InChI is InChI=1S/2C14H9ClN2O/c2*15-11-6-4-10(5-7-11)14-12(9-18)17-8-2-1-3-13(17)16-14/h2*1-9H. The second kappa shape index (κ2) is 10.2. The van der Waals surface area contributed by atoms with E-state index in [1.807, 2.05) is 73.1 Å². The van der Waals surface area contributed by atoms with E-state index in [1.165, 1.54) is 0 Å². The summed E-state index contributed by atoms with van der Waals surface area (Å²) in [5, 5.41) is 1.32. The molecule has 0 aliphatic rings. The second-order valence-corrected chi connectivity index (χ2v) is 8.67. The molecule has 6 aromatic rings. The molecule has 4 heterocycles. The number of halogens is 2. The Kier molecular flexibility index (Phi) is 6.62. The Labute approximate surface area is 216 Å². The monoisotopic (exact) mass is 512 g/mol. The van der Waals surface area contributed by atoms with Gasteiger partial charge in [-0.3, -0.25) is 18.4 Å². The van der Waals surface area contributed by atoms with Gasteiger partial charge in [-0.2, -0.15) is 0 Å². The number of aromatic nitrogens is 4. The highest BCUT2D eigenvalue weighted by Gasteiger charge is 2.13. The summed E-state index contributed by atoms with van der Waals surface area (Å²) in [6, 6.07) is 25.8. The minimum atomic E-state index is 0.549. The van der Waals surface area contributed by atoms with Gasteiger partial charge in [-0.25, -0.2) is 9.97 Å². The van der Waals surface area contributed by atoms with E-state index in [0.717, 1.165) is 35.0 Å². The second-order valence-electron chi connectivity index (χ2n) is 7.80. The molecule has 176 valence electrons. The molecular formula is C28H18Cl2N4O2. The maximum Gasteiger partial charge on any atom is 0.169 e. The van der Waals surface area contributed by atoms with Gasteiger partial charge in [0.25, 0.3) is 0 Å². The lowest BCUT2D eigenvalue weighted by Gasteiger charge is -1.98. The molecule has 0 aliphatic carbocycles. The van der Waals surface area contributed by atoms with Crippen LogP contribution >= 0.6 is 23.2 Å². The molecule has 0 N–H and O–H groups in total. The van der Waals surface area contributed by atoms with E-state index in [1.54, 1.807) is 33.1 Å². The van der Waals surface area contributed by atoms with E-state index in [2.05, 4.69) is 9.97 Å². The lowest BCUT2D eigenvalue weighted by molar-refractivity contribution is 0.111. The molecule has 2 aromatic carbocycles. The molecule has 36 heavy (non-hydrogen) atoms. The zero-order valence-electron chi connectivity index (χ0n) is 18.8. The summed E-state index contributed by atoms with van der Waals surface area (Å²) in [5.41, 5.74) is 5.71. The largest absolute Gasteiger partial charge is 0.297 e. The number of pyridine rings is 2. The Morgan fingerprint density at radius 3 is 1.31 bits per heavy atom. The molecule has 0 fully saturated rings. The van der Waals surface area contributed by atoms with Crippen molar-refractivity contribution in [3.8, 4) is 22.5 Å². The van der Waals surface area contributed by atoms with E-state index in [0.29, 0.717) is 32.8 Å². The normalized spacial score (nSPS) is 10.7. The number of carbonyl (C=O) groups excluding carboxylic acids is 2. The maximum atomic E-state index is 11.3. The fourth-order valence-electron chi connectivity index (χ4n) is 3.90. The minimum absolute atomic E-state index is 0.549. The van der Waals surface area contributed by atoms with Crippen molar-refractivity contribution in [1.82, 2.24) is 18.8 Å². The first-order valence-corrected chi connectivity index (χ1v) is 11.7. The number of hydrogen-bond acceptors (Lipinski definition) is 4. The molecule has 0 amide bonds. The van der Waals surface area contributed by atoms with Gasteiger partial charge in [-0.1, -0.05) is 59.6 Å². The molecule has 4 aromatic heterocycles. The first kappa shape index (κ1) is 23.5. The number of imidazole rings is 2. The molecule has 0 atom stereocenters. The number of fused-ring (bicyclic) bond motifs is 2. The van der Waals surface area contributed by atoms with Crippen LogP contribution in [0, 0.1) is 0 Å². The predicted octanol–water partition coefficient (Wildman–Crippen LogP) is 6.93. The fourth-order valence-corrected chi connectivity index (χ4v) is 4.15. The smallest absolute Gasteiger partial charge is 0.169 e. The predicted molar refractivity (Wildman–Crippen MR) is 142 cm³/mol. The highest BCUT2D eigenvalue weighted by Crippen LogP contribution is 2.26. The van der Waals surface area contributed by atoms with Crippen molar-refractivity contribution in [3.63, 3.8) is 0 Å². The third kappa shape index (κ3) is 4.52. The third-order valence-electron chi connectivity index (χ3n) is 5.59. The van der Waals surface area contributed by atoms with Crippen LogP contribution in [0.1, 0.15) is 21.0 Å². The first-order valence-electron chi connectivity index (χ1n) is 11.0. The quantitative estimate of drug-likeness (QED) is 0.240. The van der Waals surface area contributed by atoms with E-state index in [-0.39, 0.29) is 0 Å². The van der Waals surface area contributed by atoms with Gasteiger partial charge in [0, 0.05) is 33.6 Å². The average Bonchev–Trinajstić information content (AvgIpc) is 3.48. The van der Waals surface area contributed by atoms with Crippen molar-refractivity contribution >= 4 is 47.1 Å². The molecule has 0 saturated heterocycles. The van der Waals surface area contributed by atoms with Crippen molar-refractivity contribution in [2.75, 3.05) is 0 Å². The molecule has 0 aliphatic heterocycles. The number of hydrogen-bond donors (Lipinski definition) is 0. The van der Waals surface area contributed by atoms with Gasteiger partial charge >= 0.3 is 0 Å². The van der Waals surface area contributed by atoms with Crippen LogP contribution < -0.4 is 0 Å². The van der Waals surface area contributed by atoms with E-state index >= 15 is 0 Å². The Balaban J connectivity index is 0.000000148. The number of aldehydes is 2. The summed E-state index contributed by atoms with van der Waals surface area (Å²) >= 11 is 11.7. The molecule has 6 rings (SSSR count). The van der Waals surface area contributed by atoms with Crippen LogP contribution in [-0.4, -0.2) is 31.3 Å². The zero-order chi connectivity index (χ0) is 25.1. The van der Waals surface area contributed by atoms with Crippen molar-refractivity contribution in [2.24, 2.45) is 0 Å². The van der Waals surface area contributed by atoms with Crippen LogP contribution in [0.4, 0.5) is 0 Å². The van der Waals surface area contributed by atoms with Crippen LogP contribution in [-0.2, 0) is 0 Å². The lowest BCUT2D eigenvalue weighted by Crippen LogP contribution is -1.91. The minimum Gasteiger partial charge on any atom is -0.297 e. The SMILES string of the molecule is O=Cc1c(-c2ccc(Cl)cc2)nc2ccccn12.O=Cc1c(-c2ccc(Cl)cc2)nc2ccccn12. The number of benzene rings is 2. The average molecular weight is 513 g/mol. The molecule has 6 nitrogen and oxygen atoms in total. The van der Waals surface area contributed by atoms with Crippen LogP contribution in [0.3, 0.4) is 0 Å². The number of rotatable bonds is 4. The van der Waals surface area contributed by atoms with Gasteiger partial charge in [0.1, 0.15) is 34.1 Å². The van der Waals surface area contributed by atoms with Gasteiger partial charge in [0.15, 0.2) is 12.6 Å². The Morgan fingerprint density at radius 2 is 0.944 bits per heavy atom. The Morgan fingerprint density at radius 1 is 0.556 bits per heavy atom. The van der Waals surface area contributed by atoms with Crippen molar-refractivity contribution in [1.29, 1.82) is 0 Å². The van der Waals surface area contributed by atoms with Gasteiger partial charge in [-0.15, -0.1) is 0 Å². The van der Waals surface area contributed by atoms with Gasteiger partial charge < -0.3 is 0 Å². The molecule has 0 saturated carbocycles. The van der Waals surface area contributed by atoms with Crippen molar-refractivity contribution in [2.45, 2.75) is 0 Å². The van der Waals surface area contributed by atoms with Crippen molar-refractivity contribution < 1.29 is 9.59 Å². The molecule has 0 unspecified atom stereocenters. The summed E-state index contributed by atoms with van der Waals surface area (Å²) in [5.74, 6) is 0. The molecule has 0 radical (unpaired) electrons. The lowest BCUT2D eigenvalue weighted by atomic mass is 10.1. The fraction of sp³-hybridized carbons (Fsp3) is 0. The molecule has 8 heteroatoms. The van der Waals surface area contributed by atoms with Crippen LogP contribution in [0.15, 0.2) is 97.3 Å². The van der Waals surface area contributed by atoms with Gasteiger partial charge in [0.2, 0.25) is 0 Å². The van der Waals surface area contributed by atoms with E-state index < -0.39 is 0 Å². The summed E-state index contributed by atoms with van der Waals surface area (Å²) in [6.45, 7) is 0. The first-order chi connectivity index (χ1) is 17.6. The Bertz CT molecular complexity index is 1560. The molecule has 0 spiro atoms. The number of carbonyl (C=O) groups is 2. The maximum absolute atomic E-state index is 11.3. The molecular weight excluding hydrogens is 495 g/mol. The Hall–Kier alpha value is -4.26. The topological polar surface area (TPSA) is 68.7 Å². The summed E-state index contributed by atoms with van der Waals surface area (Å²) in [6.07, 6.45) is 5.30. The van der Waals surface area contributed by atoms with Crippen molar-refractivity contribution in [3.05, 3.63) is 119 Å². The summed E-state index contributed by atoms with van der Waals surface area (Å²) in [7, 11) is 0. The van der Waals surface area contributed by atoms with Gasteiger partial charge in [0.05, 0.1) is 0 Å². The highest BCUT2D eigenvalue weighted by atomic mass is 35.5. The van der Waals surface area contributed by atoms with Gasteiger partial charge in [-0.05, 0) is 48.5 Å². The van der Waals surface area contributed by atoms with Crippen LogP contribution in [0.25, 0.3) is 33.8 Å². The summed E-state index contributed by atoms with van der Waals surface area (Å²) in [4.78, 5) is 31.5. The molecule has 0 bridgehead atoms. The zero-order valence-corrected chi connectivity index (χ0v) is 20.3. The van der Waals surface area contributed by atoms with Crippen LogP contribution in [0.2, 0.25) is 10.0 Å². The number of nitrogens with zero attached hydrogens (tertiary/aromatic N) is 4. The van der Waals surface area contributed by atoms with E-state index in [4.69, 9.17) is 23.2 Å². The highest BCUT2D eigenvalue weighted by molar-refractivity contribution is 6.30. The van der Waals surface area contributed by atoms with Crippen LogP contribution in [0.5, 0.6) is 0 Å². The third-order valence-corrected chi connectivity index (χ3v) is 6.10.